The number of rotatable bonds is 8. The number of carbonyl (C=O) groups excluding carboxylic acids is 3. The molecule has 0 heterocycles. The van der Waals surface area contributed by atoms with Gasteiger partial charge >= 0.3 is 5.97 Å². The molecular formula is C25H21F3N2O4. The van der Waals surface area contributed by atoms with Crippen LogP contribution in [0.25, 0.3) is 0 Å². The third kappa shape index (κ3) is 6.22. The summed E-state index contributed by atoms with van der Waals surface area (Å²) in [5, 5.41) is 4.83. The summed E-state index contributed by atoms with van der Waals surface area (Å²) in [5.41, 5.74) is 0.451. The average molecular weight is 470 g/mol. The van der Waals surface area contributed by atoms with Gasteiger partial charge in [0.1, 0.15) is 0 Å². The Labute approximate surface area is 193 Å². The van der Waals surface area contributed by atoms with Gasteiger partial charge in [-0.3, -0.25) is 14.4 Å². The maximum absolute atomic E-state index is 13.8. The van der Waals surface area contributed by atoms with Crippen molar-refractivity contribution in [3.63, 3.8) is 0 Å². The van der Waals surface area contributed by atoms with E-state index in [9.17, 15) is 27.6 Å². The van der Waals surface area contributed by atoms with E-state index >= 15 is 0 Å². The second kappa shape index (κ2) is 11.1. The second-order valence-corrected chi connectivity index (χ2v) is 7.35. The summed E-state index contributed by atoms with van der Waals surface area (Å²) in [5.74, 6) is -6.86. The zero-order valence-electron chi connectivity index (χ0n) is 18.1. The van der Waals surface area contributed by atoms with Crippen molar-refractivity contribution < 1.29 is 32.3 Å². The molecule has 6 nitrogen and oxygen atoms in total. The molecule has 9 heteroatoms. The normalized spacial score (nSPS) is 12.4. The van der Waals surface area contributed by atoms with Gasteiger partial charge < -0.3 is 15.4 Å². The van der Waals surface area contributed by atoms with Gasteiger partial charge in [-0.1, -0.05) is 48.5 Å². The predicted octanol–water partition coefficient (Wildman–Crippen LogP) is 4.54. The van der Waals surface area contributed by atoms with E-state index in [1.54, 1.807) is 60.7 Å². The van der Waals surface area contributed by atoms with Gasteiger partial charge in [0.15, 0.2) is 23.6 Å². The Balaban J connectivity index is 1.66. The number of benzene rings is 3. The highest BCUT2D eigenvalue weighted by molar-refractivity contribution is 5.96. The van der Waals surface area contributed by atoms with Gasteiger partial charge in [-0.15, -0.1) is 0 Å². The molecule has 2 atom stereocenters. The summed E-state index contributed by atoms with van der Waals surface area (Å²) in [6, 6.07) is 17.9. The van der Waals surface area contributed by atoms with E-state index in [4.69, 9.17) is 4.74 Å². The molecule has 2 amide bonds. The van der Waals surface area contributed by atoms with Crippen molar-refractivity contribution in [2.45, 2.75) is 25.5 Å². The summed E-state index contributed by atoms with van der Waals surface area (Å²) < 4.78 is 45.3. The van der Waals surface area contributed by atoms with Gasteiger partial charge in [0.2, 0.25) is 0 Å². The number of nitrogens with one attached hydrogen (secondary N) is 2. The van der Waals surface area contributed by atoms with Gasteiger partial charge in [-0.2, -0.15) is 0 Å². The molecule has 3 aromatic carbocycles. The number of ether oxygens (including phenoxy) is 1. The van der Waals surface area contributed by atoms with Crippen molar-refractivity contribution in [1.82, 2.24) is 5.32 Å². The SMILES string of the molecule is CC(OC(=O)CC(NC(=O)c1ccccc1)c1ccccc1)C(=O)Nc1ccc(F)c(F)c1F. The van der Waals surface area contributed by atoms with Crippen LogP contribution in [0.1, 0.15) is 35.3 Å². The van der Waals surface area contributed by atoms with Crippen molar-refractivity contribution in [3.8, 4) is 0 Å². The highest BCUT2D eigenvalue weighted by Gasteiger charge is 2.25. The van der Waals surface area contributed by atoms with E-state index in [0.717, 1.165) is 6.07 Å². The molecule has 0 aliphatic rings. The summed E-state index contributed by atoms with van der Waals surface area (Å²) in [6.07, 6.45) is -1.67. The van der Waals surface area contributed by atoms with E-state index in [2.05, 4.69) is 10.6 Å². The zero-order chi connectivity index (χ0) is 24.7. The molecule has 0 aromatic heterocycles. The Bertz CT molecular complexity index is 1170. The maximum Gasteiger partial charge on any atom is 0.309 e. The summed E-state index contributed by atoms with van der Waals surface area (Å²) in [6.45, 7) is 1.24. The third-order valence-corrected chi connectivity index (χ3v) is 4.88. The topological polar surface area (TPSA) is 84.5 Å². The average Bonchev–Trinajstić information content (AvgIpc) is 2.84. The molecule has 0 radical (unpaired) electrons. The van der Waals surface area contributed by atoms with Crippen LogP contribution in [0.5, 0.6) is 0 Å². The molecule has 176 valence electrons. The number of amides is 2. The minimum Gasteiger partial charge on any atom is -0.452 e. The largest absolute Gasteiger partial charge is 0.452 e. The van der Waals surface area contributed by atoms with E-state index < -0.39 is 53.1 Å². The molecule has 0 saturated carbocycles. The highest BCUT2D eigenvalue weighted by atomic mass is 19.2. The molecular weight excluding hydrogens is 449 g/mol. The summed E-state index contributed by atoms with van der Waals surface area (Å²) in [4.78, 5) is 37.4. The van der Waals surface area contributed by atoms with Crippen LogP contribution >= 0.6 is 0 Å². The Morgan fingerprint density at radius 2 is 1.47 bits per heavy atom. The molecule has 0 fully saturated rings. The standard InChI is InChI=1S/C25H21F3N2O4/c1-15(24(32)29-19-13-12-18(26)22(27)23(19)28)34-21(31)14-20(16-8-4-2-5-9-16)30-25(33)17-10-6-3-7-11-17/h2-13,15,20H,14H2,1H3,(H,29,32)(H,30,33). The van der Waals surface area contributed by atoms with Crippen LogP contribution in [-0.2, 0) is 14.3 Å². The maximum atomic E-state index is 13.8. The Hall–Kier alpha value is -4.14. The molecule has 2 unspecified atom stereocenters. The fourth-order valence-corrected chi connectivity index (χ4v) is 3.09. The molecule has 3 aromatic rings. The van der Waals surface area contributed by atoms with Crippen LogP contribution < -0.4 is 10.6 Å². The number of hydrogen-bond acceptors (Lipinski definition) is 4. The number of carbonyl (C=O) groups is 3. The fourth-order valence-electron chi connectivity index (χ4n) is 3.09. The van der Waals surface area contributed by atoms with Crippen molar-refractivity contribution >= 4 is 23.5 Å². The second-order valence-electron chi connectivity index (χ2n) is 7.35. The predicted molar refractivity (Wildman–Crippen MR) is 118 cm³/mol. The molecule has 0 aliphatic carbocycles. The van der Waals surface area contributed by atoms with Gasteiger partial charge in [-0.05, 0) is 36.8 Å². The Morgan fingerprint density at radius 1 is 0.853 bits per heavy atom. The van der Waals surface area contributed by atoms with Crippen LogP contribution in [0, 0.1) is 17.5 Å². The zero-order valence-corrected chi connectivity index (χ0v) is 18.1. The van der Waals surface area contributed by atoms with Crippen molar-refractivity contribution in [2.24, 2.45) is 0 Å². The molecule has 0 saturated heterocycles. The van der Waals surface area contributed by atoms with Crippen LogP contribution in [0.2, 0.25) is 0 Å². The fraction of sp³-hybridized carbons (Fsp3) is 0.160. The highest BCUT2D eigenvalue weighted by Crippen LogP contribution is 2.21. The number of anilines is 1. The lowest BCUT2D eigenvalue weighted by molar-refractivity contribution is -0.153. The molecule has 2 N–H and O–H groups in total. The van der Waals surface area contributed by atoms with E-state index in [-0.39, 0.29) is 6.42 Å². The van der Waals surface area contributed by atoms with Gasteiger partial charge in [-0.25, -0.2) is 13.2 Å². The van der Waals surface area contributed by atoms with Crippen molar-refractivity contribution in [3.05, 3.63) is 101 Å². The van der Waals surface area contributed by atoms with Crippen LogP contribution in [-0.4, -0.2) is 23.9 Å². The lowest BCUT2D eigenvalue weighted by atomic mass is 10.0. The number of esters is 1. The van der Waals surface area contributed by atoms with E-state index in [1.165, 1.54) is 6.92 Å². The Morgan fingerprint density at radius 3 is 2.12 bits per heavy atom. The third-order valence-electron chi connectivity index (χ3n) is 4.88. The van der Waals surface area contributed by atoms with E-state index in [1.807, 2.05) is 0 Å². The van der Waals surface area contributed by atoms with Gasteiger partial charge in [0, 0.05) is 5.56 Å². The lowest BCUT2D eigenvalue weighted by Crippen LogP contribution is -2.34. The monoisotopic (exact) mass is 470 g/mol. The molecule has 3 rings (SSSR count). The minimum absolute atomic E-state index is 0.292. The van der Waals surface area contributed by atoms with E-state index in [0.29, 0.717) is 17.2 Å². The Kier molecular flexibility index (Phi) is 8.02. The van der Waals surface area contributed by atoms with Crippen LogP contribution in [0.15, 0.2) is 72.8 Å². The first-order chi connectivity index (χ1) is 16.3. The molecule has 0 aliphatic heterocycles. The first-order valence-electron chi connectivity index (χ1n) is 10.3. The molecule has 0 spiro atoms. The van der Waals surface area contributed by atoms with Gasteiger partial charge in [0.25, 0.3) is 11.8 Å². The first kappa shape index (κ1) is 24.5. The number of hydrogen-bond donors (Lipinski definition) is 2. The lowest BCUT2D eigenvalue weighted by Gasteiger charge is -2.20. The van der Waals surface area contributed by atoms with Crippen LogP contribution in [0.4, 0.5) is 18.9 Å². The first-order valence-corrected chi connectivity index (χ1v) is 10.3. The molecule has 34 heavy (non-hydrogen) atoms. The number of halogens is 3. The molecule has 0 bridgehead atoms. The minimum atomic E-state index is -1.73. The quantitative estimate of drug-likeness (QED) is 0.374. The smallest absolute Gasteiger partial charge is 0.309 e. The van der Waals surface area contributed by atoms with Gasteiger partial charge in [0.05, 0.1) is 18.2 Å². The summed E-state index contributed by atoms with van der Waals surface area (Å²) >= 11 is 0. The van der Waals surface area contributed by atoms with Crippen molar-refractivity contribution in [1.29, 1.82) is 0 Å². The summed E-state index contributed by atoms with van der Waals surface area (Å²) in [7, 11) is 0. The van der Waals surface area contributed by atoms with Crippen LogP contribution in [0.3, 0.4) is 0 Å². The van der Waals surface area contributed by atoms with Crippen molar-refractivity contribution in [2.75, 3.05) is 5.32 Å².